The van der Waals surface area contributed by atoms with Crippen LogP contribution in [-0.4, -0.2) is 10.9 Å². The summed E-state index contributed by atoms with van der Waals surface area (Å²) in [5.41, 5.74) is -0.0833. The van der Waals surface area contributed by atoms with E-state index in [1.54, 1.807) is 6.07 Å². The van der Waals surface area contributed by atoms with E-state index in [1.165, 1.54) is 6.07 Å². The van der Waals surface area contributed by atoms with Crippen LogP contribution in [0.4, 0.5) is 0 Å². The summed E-state index contributed by atoms with van der Waals surface area (Å²) in [7, 11) is 0. The molecule has 0 aromatic carbocycles. The van der Waals surface area contributed by atoms with Gasteiger partial charge in [0.25, 0.3) is 5.95 Å². The monoisotopic (exact) mass is 472 g/mol. The first kappa shape index (κ1) is 25.9. The zero-order valence-corrected chi connectivity index (χ0v) is 20.0. The van der Waals surface area contributed by atoms with E-state index in [9.17, 15) is 4.79 Å². The first-order valence-corrected chi connectivity index (χ1v) is 11.6. The molecule has 0 aliphatic rings. The van der Waals surface area contributed by atoms with E-state index in [0.29, 0.717) is 18.1 Å². The molecule has 30 heavy (non-hydrogen) atoms. The molecular weight excluding hydrogens is 440 g/mol. The maximum Gasteiger partial charge on any atom is 0.288 e. The fourth-order valence-corrected chi connectivity index (χ4v) is 3.48. The molecule has 0 aliphatic carbocycles. The highest BCUT2D eigenvalue weighted by Crippen LogP contribution is 2.22. The predicted molar refractivity (Wildman–Crippen MR) is 129 cm³/mol. The molecule has 0 fully saturated rings. The highest BCUT2D eigenvalue weighted by atomic mass is 79.9. The molecule has 0 radical (unpaired) electrons. The number of alkyl halides is 1. The van der Waals surface area contributed by atoms with E-state index in [2.05, 4.69) is 70.8 Å². The molecule has 0 saturated heterocycles. The average molecular weight is 473 g/mol. The molecule has 0 spiro atoms. The van der Waals surface area contributed by atoms with Crippen molar-refractivity contribution in [1.29, 1.82) is 0 Å². The smallest absolute Gasteiger partial charge is 0.288 e. The highest BCUT2D eigenvalue weighted by Gasteiger charge is 2.19. The van der Waals surface area contributed by atoms with Gasteiger partial charge in [-0.15, -0.1) is 17.8 Å². The Kier molecular flexibility index (Phi) is 14.3. The van der Waals surface area contributed by atoms with Crippen molar-refractivity contribution in [2.75, 3.05) is 0 Å². The Morgan fingerprint density at radius 2 is 1.87 bits per heavy atom. The van der Waals surface area contributed by atoms with Gasteiger partial charge in [-0.05, 0) is 46.0 Å². The summed E-state index contributed by atoms with van der Waals surface area (Å²) in [5.74, 6) is 12.8. The third-order valence-corrected chi connectivity index (χ3v) is 5.35. The summed E-state index contributed by atoms with van der Waals surface area (Å²) in [4.78, 5) is 12.2. The fourth-order valence-electron chi connectivity index (χ4n) is 2.78. The quantitative estimate of drug-likeness (QED) is 0.140. The van der Waals surface area contributed by atoms with Gasteiger partial charge in [0.15, 0.2) is 5.43 Å². The summed E-state index contributed by atoms with van der Waals surface area (Å²) < 4.78 is 11.8. The van der Waals surface area contributed by atoms with E-state index >= 15 is 0 Å². The van der Waals surface area contributed by atoms with E-state index in [-0.39, 0.29) is 16.4 Å². The molecule has 0 aliphatic heterocycles. The van der Waals surface area contributed by atoms with Gasteiger partial charge in [-0.2, -0.15) is 0 Å². The van der Waals surface area contributed by atoms with Crippen LogP contribution in [0.25, 0.3) is 0 Å². The number of rotatable bonds is 13. The minimum absolute atomic E-state index is 0.0803. The molecule has 0 unspecified atom stereocenters. The number of allylic oxidation sites excluding steroid dienone is 4. The van der Waals surface area contributed by atoms with Crippen molar-refractivity contribution in [3.8, 4) is 29.6 Å². The molecule has 3 nitrogen and oxygen atoms in total. The van der Waals surface area contributed by atoms with Gasteiger partial charge in [-0.3, -0.25) is 4.79 Å². The van der Waals surface area contributed by atoms with Crippen LogP contribution in [0.1, 0.15) is 71.5 Å². The van der Waals surface area contributed by atoms with Crippen LogP contribution in [0, 0.1) is 23.7 Å². The average Bonchev–Trinajstić information content (AvgIpc) is 2.73. The van der Waals surface area contributed by atoms with Gasteiger partial charge in [0.1, 0.15) is 11.9 Å². The Hall–Kier alpha value is -2.17. The fraction of sp³-hybridized carbons (Fsp3) is 0.500. The second-order valence-corrected chi connectivity index (χ2v) is 8.01. The standard InChI is InChI=1S/C26H33BrO3/c1-4-7-9-11-12-13-15-17-19-24(27)25(6-3)30-26-21-22(28)20-23(29-26)18-16-14-10-8-5-2/h11-12,15,17,20-21,24-25H,6,9-10,13-14,16,18-19H2,1-3H3/b12-11+,17-15+/t24-,25-/m0/s1. The topological polar surface area (TPSA) is 39.4 Å². The lowest BCUT2D eigenvalue weighted by molar-refractivity contribution is 0.144. The van der Waals surface area contributed by atoms with E-state index < -0.39 is 0 Å². The number of aryl methyl sites for hydroxylation is 1. The van der Waals surface area contributed by atoms with Gasteiger partial charge in [-0.1, -0.05) is 53.1 Å². The van der Waals surface area contributed by atoms with Gasteiger partial charge in [0, 0.05) is 25.3 Å². The lowest BCUT2D eigenvalue weighted by Gasteiger charge is -2.21. The summed E-state index contributed by atoms with van der Waals surface area (Å²) in [6.07, 6.45) is 15.3. The number of unbranched alkanes of at least 4 members (excludes halogenated alkanes) is 2. The van der Waals surface area contributed by atoms with Gasteiger partial charge in [0.2, 0.25) is 0 Å². The molecular formula is C26H33BrO3. The Morgan fingerprint density at radius 3 is 2.60 bits per heavy atom. The van der Waals surface area contributed by atoms with E-state index in [4.69, 9.17) is 9.15 Å². The lowest BCUT2D eigenvalue weighted by atomic mass is 10.1. The van der Waals surface area contributed by atoms with E-state index in [1.807, 2.05) is 13.8 Å². The summed E-state index contributed by atoms with van der Waals surface area (Å²) >= 11 is 3.72. The summed E-state index contributed by atoms with van der Waals surface area (Å²) in [6, 6.07) is 2.97. The first-order chi connectivity index (χ1) is 14.6. The second-order valence-electron chi connectivity index (χ2n) is 6.84. The Morgan fingerprint density at radius 1 is 1.10 bits per heavy atom. The van der Waals surface area contributed by atoms with Gasteiger partial charge in [0.05, 0.1) is 10.9 Å². The normalized spacial score (nSPS) is 12.8. The third-order valence-electron chi connectivity index (χ3n) is 4.38. The van der Waals surface area contributed by atoms with Crippen molar-refractivity contribution in [1.82, 2.24) is 0 Å². The Labute approximate surface area is 190 Å². The van der Waals surface area contributed by atoms with Crippen LogP contribution < -0.4 is 10.2 Å². The van der Waals surface area contributed by atoms with Gasteiger partial charge < -0.3 is 9.15 Å². The van der Waals surface area contributed by atoms with Crippen molar-refractivity contribution in [3.05, 3.63) is 52.4 Å². The molecule has 0 saturated carbocycles. The number of hydrogen-bond donors (Lipinski definition) is 0. The van der Waals surface area contributed by atoms with Gasteiger partial charge >= 0.3 is 0 Å². The first-order valence-electron chi connectivity index (χ1n) is 10.6. The Balaban J connectivity index is 2.56. The molecule has 1 heterocycles. The third kappa shape index (κ3) is 11.7. The zero-order chi connectivity index (χ0) is 22.0. The lowest BCUT2D eigenvalue weighted by Crippen LogP contribution is -2.26. The molecule has 1 aromatic heterocycles. The number of ether oxygens (including phenoxy) is 1. The summed E-state index contributed by atoms with van der Waals surface area (Å²) in [6.45, 7) is 5.76. The van der Waals surface area contributed by atoms with Crippen LogP contribution in [0.5, 0.6) is 5.95 Å². The van der Waals surface area contributed by atoms with Crippen molar-refractivity contribution in [2.45, 2.75) is 83.1 Å². The van der Waals surface area contributed by atoms with Crippen molar-refractivity contribution in [2.24, 2.45) is 0 Å². The molecule has 2 atom stereocenters. The molecule has 0 amide bonds. The second kappa shape index (κ2) is 16.6. The van der Waals surface area contributed by atoms with Crippen LogP contribution in [0.15, 0.2) is 45.6 Å². The molecule has 0 N–H and O–H groups in total. The number of halogens is 1. The van der Waals surface area contributed by atoms with E-state index in [0.717, 1.165) is 44.9 Å². The molecule has 162 valence electrons. The van der Waals surface area contributed by atoms with Crippen LogP contribution in [-0.2, 0) is 6.42 Å². The minimum atomic E-state index is -0.0833. The van der Waals surface area contributed by atoms with Gasteiger partial charge in [-0.25, -0.2) is 0 Å². The maximum atomic E-state index is 12.0. The van der Waals surface area contributed by atoms with Crippen LogP contribution in [0.3, 0.4) is 0 Å². The highest BCUT2D eigenvalue weighted by molar-refractivity contribution is 9.09. The molecule has 1 aromatic rings. The molecule has 0 bridgehead atoms. The van der Waals surface area contributed by atoms with Crippen molar-refractivity contribution < 1.29 is 9.15 Å². The zero-order valence-electron chi connectivity index (χ0n) is 18.4. The summed E-state index contributed by atoms with van der Waals surface area (Å²) in [5, 5.41) is 0. The van der Waals surface area contributed by atoms with Crippen LogP contribution >= 0.6 is 15.9 Å². The predicted octanol–water partition coefficient (Wildman–Crippen LogP) is 6.60. The largest absolute Gasteiger partial charge is 0.461 e. The molecule has 1 rings (SSSR count). The minimum Gasteiger partial charge on any atom is -0.461 e. The van der Waals surface area contributed by atoms with Crippen molar-refractivity contribution in [3.63, 3.8) is 0 Å². The molecule has 4 heteroatoms. The van der Waals surface area contributed by atoms with Crippen LogP contribution in [0.2, 0.25) is 0 Å². The van der Waals surface area contributed by atoms with Crippen molar-refractivity contribution >= 4 is 15.9 Å². The number of hydrogen-bond acceptors (Lipinski definition) is 3. The Bertz CT molecular complexity index is 843. The SMILES string of the molecule is CC#CC/C=C/C/C=C/C[C@H](Br)[C@H](CC)Oc1cc(=O)cc(CCCCC#CC)o1. The maximum absolute atomic E-state index is 12.0.